The van der Waals surface area contributed by atoms with E-state index in [-0.39, 0.29) is 15.9 Å². The van der Waals surface area contributed by atoms with Gasteiger partial charge in [-0.3, -0.25) is 9.52 Å². The zero-order chi connectivity index (χ0) is 24.3. The van der Waals surface area contributed by atoms with E-state index >= 15 is 0 Å². The summed E-state index contributed by atoms with van der Waals surface area (Å²) in [5.41, 5.74) is 2.89. The van der Waals surface area contributed by atoms with Crippen molar-refractivity contribution >= 4 is 49.7 Å². The molecule has 1 saturated heterocycles. The van der Waals surface area contributed by atoms with Gasteiger partial charge in [-0.25, -0.2) is 17.8 Å². The molecule has 2 aromatic carbocycles. The van der Waals surface area contributed by atoms with Crippen LogP contribution in [0.3, 0.4) is 0 Å². The standard InChI is InChI=1S/C23H24ClFN4O3S2/c1-16-2-3-17(24)14-21(16)28-10-12-29(13-11-28)22(30)9-6-19-15-33-23(26-19)27-34(31,32)20-7-4-18(25)5-8-20/h2-5,7-8,14-15H,6,9-13H2,1H3,(H,26,27). The third kappa shape index (κ3) is 5.86. The van der Waals surface area contributed by atoms with Crippen molar-refractivity contribution in [1.29, 1.82) is 0 Å². The molecule has 11 heteroatoms. The fourth-order valence-corrected chi connectivity index (χ4v) is 5.93. The normalized spacial score (nSPS) is 14.3. The van der Waals surface area contributed by atoms with E-state index in [1.165, 1.54) is 12.1 Å². The third-order valence-electron chi connectivity index (χ3n) is 5.64. The van der Waals surface area contributed by atoms with Crippen molar-refractivity contribution < 1.29 is 17.6 Å². The van der Waals surface area contributed by atoms with Gasteiger partial charge in [0.25, 0.3) is 10.0 Å². The average Bonchev–Trinajstić information content (AvgIpc) is 3.26. The van der Waals surface area contributed by atoms with Gasteiger partial charge in [0.15, 0.2) is 5.13 Å². The van der Waals surface area contributed by atoms with Crippen molar-refractivity contribution in [3.05, 3.63) is 69.9 Å². The Hall–Kier alpha value is -2.69. The van der Waals surface area contributed by atoms with Crippen molar-refractivity contribution in [3.8, 4) is 0 Å². The van der Waals surface area contributed by atoms with E-state index in [4.69, 9.17) is 11.6 Å². The topological polar surface area (TPSA) is 82.6 Å². The Morgan fingerprint density at radius 1 is 1.15 bits per heavy atom. The Morgan fingerprint density at radius 2 is 1.85 bits per heavy atom. The summed E-state index contributed by atoms with van der Waals surface area (Å²) < 4.78 is 40.3. The smallest absolute Gasteiger partial charge is 0.263 e. The molecule has 1 aliphatic heterocycles. The van der Waals surface area contributed by atoms with E-state index in [9.17, 15) is 17.6 Å². The van der Waals surface area contributed by atoms with Crippen LogP contribution < -0.4 is 9.62 Å². The molecule has 180 valence electrons. The van der Waals surface area contributed by atoms with Crippen molar-refractivity contribution in [3.63, 3.8) is 0 Å². The van der Waals surface area contributed by atoms with Crippen molar-refractivity contribution in [2.45, 2.75) is 24.7 Å². The highest BCUT2D eigenvalue weighted by atomic mass is 35.5. The van der Waals surface area contributed by atoms with E-state index in [1.807, 2.05) is 30.0 Å². The number of nitrogens with one attached hydrogen (secondary N) is 1. The van der Waals surface area contributed by atoms with Gasteiger partial charge in [-0.15, -0.1) is 11.3 Å². The average molecular weight is 523 g/mol. The number of halogens is 2. The number of hydrogen-bond acceptors (Lipinski definition) is 6. The summed E-state index contributed by atoms with van der Waals surface area (Å²) in [7, 11) is -3.86. The first-order valence-corrected chi connectivity index (χ1v) is 13.5. The maximum absolute atomic E-state index is 13.1. The van der Waals surface area contributed by atoms with Gasteiger partial charge >= 0.3 is 0 Å². The largest absolute Gasteiger partial charge is 0.368 e. The molecular weight excluding hydrogens is 499 g/mol. The molecule has 3 aromatic rings. The van der Waals surface area contributed by atoms with Crippen LogP contribution in [0, 0.1) is 12.7 Å². The SMILES string of the molecule is Cc1ccc(Cl)cc1N1CCN(C(=O)CCc2csc(NS(=O)(=O)c3ccc(F)cc3)n2)CC1. The van der Waals surface area contributed by atoms with Crippen LogP contribution in [0.2, 0.25) is 5.02 Å². The number of sulfonamides is 1. The van der Waals surface area contributed by atoms with Crippen LogP contribution in [0.15, 0.2) is 52.7 Å². The second kappa shape index (κ2) is 10.3. The second-order valence-corrected chi connectivity index (χ2v) is 11.0. The molecule has 7 nitrogen and oxygen atoms in total. The van der Waals surface area contributed by atoms with Crippen molar-refractivity contribution in [2.75, 3.05) is 35.8 Å². The molecule has 0 atom stereocenters. The molecule has 0 spiro atoms. The van der Waals surface area contributed by atoms with E-state index in [0.717, 1.165) is 47.8 Å². The van der Waals surface area contributed by atoms with E-state index < -0.39 is 15.8 Å². The molecule has 1 N–H and O–H groups in total. The maximum Gasteiger partial charge on any atom is 0.263 e. The molecule has 1 aliphatic rings. The monoisotopic (exact) mass is 522 g/mol. The van der Waals surface area contributed by atoms with Crippen molar-refractivity contribution in [1.82, 2.24) is 9.88 Å². The van der Waals surface area contributed by atoms with Crippen LogP contribution in [0.25, 0.3) is 0 Å². The molecular formula is C23H24ClFN4O3S2. The Bertz CT molecular complexity index is 1270. The number of amides is 1. The number of nitrogens with zero attached hydrogens (tertiary/aromatic N) is 3. The number of carbonyl (C=O) groups is 1. The molecule has 0 aliphatic carbocycles. The van der Waals surface area contributed by atoms with E-state index in [2.05, 4.69) is 14.6 Å². The van der Waals surface area contributed by atoms with Gasteiger partial charge in [0.05, 0.1) is 10.6 Å². The van der Waals surface area contributed by atoms with Crippen LogP contribution in [0.1, 0.15) is 17.7 Å². The number of aromatic nitrogens is 1. The molecule has 1 aromatic heterocycles. The first kappa shape index (κ1) is 24.4. The molecule has 4 rings (SSSR count). The number of aryl methyl sites for hydroxylation is 2. The van der Waals surface area contributed by atoms with Gasteiger partial charge in [-0.2, -0.15) is 0 Å². The van der Waals surface area contributed by atoms with Crippen LogP contribution >= 0.6 is 22.9 Å². The summed E-state index contributed by atoms with van der Waals surface area (Å²) in [5, 5.41) is 2.63. The summed E-state index contributed by atoms with van der Waals surface area (Å²) in [5.74, 6) is -0.468. The number of anilines is 2. The number of hydrogen-bond donors (Lipinski definition) is 1. The fraction of sp³-hybridized carbons (Fsp3) is 0.304. The lowest BCUT2D eigenvalue weighted by Gasteiger charge is -2.37. The zero-order valence-corrected chi connectivity index (χ0v) is 20.9. The molecule has 1 amide bonds. The number of thiazole rings is 1. The van der Waals surface area contributed by atoms with Crippen molar-refractivity contribution in [2.24, 2.45) is 0 Å². The molecule has 0 radical (unpaired) electrons. The first-order chi connectivity index (χ1) is 16.2. The third-order valence-corrected chi connectivity index (χ3v) is 8.16. The van der Waals surface area contributed by atoms with Gasteiger partial charge in [-0.1, -0.05) is 17.7 Å². The van der Waals surface area contributed by atoms with Gasteiger partial charge in [0.1, 0.15) is 5.82 Å². The second-order valence-electron chi connectivity index (χ2n) is 8.00. The summed E-state index contributed by atoms with van der Waals surface area (Å²) in [4.78, 5) is 21.0. The van der Waals surface area contributed by atoms with E-state index in [0.29, 0.717) is 36.6 Å². The lowest BCUT2D eigenvalue weighted by Crippen LogP contribution is -2.49. The Morgan fingerprint density at radius 3 is 2.56 bits per heavy atom. The maximum atomic E-state index is 13.1. The van der Waals surface area contributed by atoms with E-state index in [1.54, 1.807) is 5.38 Å². The van der Waals surface area contributed by atoms with Crippen LogP contribution in [0.5, 0.6) is 0 Å². The summed E-state index contributed by atoms with van der Waals surface area (Å²) >= 11 is 7.28. The lowest BCUT2D eigenvalue weighted by molar-refractivity contribution is -0.131. The van der Waals surface area contributed by atoms with Crippen LogP contribution in [-0.2, 0) is 21.2 Å². The van der Waals surface area contributed by atoms with Gasteiger partial charge < -0.3 is 9.80 Å². The minimum atomic E-state index is -3.86. The minimum absolute atomic E-state index is 0.0453. The highest BCUT2D eigenvalue weighted by molar-refractivity contribution is 7.93. The van der Waals surface area contributed by atoms with Gasteiger partial charge in [-0.05, 0) is 55.3 Å². The Labute approximate surface area is 207 Å². The summed E-state index contributed by atoms with van der Waals surface area (Å²) in [6.45, 7) is 4.78. The number of piperazine rings is 1. The highest BCUT2D eigenvalue weighted by Crippen LogP contribution is 2.26. The number of rotatable bonds is 7. The summed E-state index contributed by atoms with van der Waals surface area (Å²) in [6.07, 6.45) is 0.714. The number of carbonyl (C=O) groups excluding carboxylic acids is 1. The van der Waals surface area contributed by atoms with Crippen LogP contribution in [-0.4, -0.2) is 50.4 Å². The Kier molecular flexibility index (Phi) is 7.39. The minimum Gasteiger partial charge on any atom is -0.368 e. The summed E-state index contributed by atoms with van der Waals surface area (Å²) in [6, 6.07) is 10.4. The molecule has 0 bridgehead atoms. The highest BCUT2D eigenvalue weighted by Gasteiger charge is 2.22. The quantitative estimate of drug-likeness (QED) is 0.499. The predicted octanol–water partition coefficient (Wildman–Crippen LogP) is 4.33. The predicted molar refractivity (Wildman–Crippen MR) is 133 cm³/mol. The molecule has 1 fully saturated rings. The fourth-order valence-electron chi connectivity index (χ4n) is 3.77. The lowest BCUT2D eigenvalue weighted by atomic mass is 10.1. The van der Waals surface area contributed by atoms with Gasteiger partial charge in [0, 0.05) is 48.7 Å². The zero-order valence-electron chi connectivity index (χ0n) is 18.5. The molecule has 2 heterocycles. The molecule has 0 unspecified atom stereocenters. The van der Waals surface area contributed by atoms with Crippen LogP contribution in [0.4, 0.5) is 15.2 Å². The molecule has 0 saturated carbocycles. The molecule has 34 heavy (non-hydrogen) atoms. The number of benzene rings is 2. The van der Waals surface area contributed by atoms with Gasteiger partial charge in [0.2, 0.25) is 5.91 Å². The first-order valence-electron chi connectivity index (χ1n) is 10.7. The Balaban J connectivity index is 1.28.